The van der Waals surface area contributed by atoms with E-state index in [1.54, 1.807) is 20.8 Å². The highest BCUT2D eigenvalue weighted by Gasteiger charge is 2.42. The fraction of sp³-hybridized carbons (Fsp3) is 0.579. The molecule has 7 heteroatoms. The number of likely N-dealkylation sites (tertiary alicyclic amines) is 1. The molecule has 1 amide bonds. The number of amides is 1. The normalized spacial score (nSPS) is 20.2. The molecular formula is C19H27NO6. The Labute approximate surface area is 153 Å². The maximum atomic E-state index is 12.2. The fourth-order valence-electron chi connectivity index (χ4n) is 2.71. The average Bonchev–Trinajstić information content (AvgIpc) is 2.99. The largest absolute Gasteiger partial charge is 0.480 e. The van der Waals surface area contributed by atoms with Gasteiger partial charge in [0, 0.05) is 6.42 Å². The molecule has 1 aromatic rings. The third-order valence-corrected chi connectivity index (χ3v) is 3.87. The number of carbonyl (C=O) groups is 2. The molecule has 0 radical (unpaired) electrons. The fourth-order valence-corrected chi connectivity index (χ4v) is 2.71. The van der Waals surface area contributed by atoms with E-state index in [0.29, 0.717) is 19.8 Å². The molecule has 144 valence electrons. The third-order valence-electron chi connectivity index (χ3n) is 3.87. The number of aliphatic carboxylic acids is 1. The van der Waals surface area contributed by atoms with Crippen LogP contribution in [0, 0.1) is 0 Å². The van der Waals surface area contributed by atoms with Crippen molar-refractivity contribution in [3.05, 3.63) is 35.9 Å². The van der Waals surface area contributed by atoms with E-state index in [0.717, 1.165) is 5.56 Å². The van der Waals surface area contributed by atoms with Crippen LogP contribution in [0.4, 0.5) is 4.79 Å². The minimum atomic E-state index is -1.05. The van der Waals surface area contributed by atoms with E-state index in [-0.39, 0.29) is 19.1 Å². The van der Waals surface area contributed by atoms with Gasteiger partial charge in [0.25, 0.3) is 0 Å². The highest BCUT2D eigenvalue weighted by molar-refractivity contribution is 5.81. The van der Waals surface area contributed by atoms with E-state index in [2.05, 4.69) is 0 Å². The molecule has 0 spiro atoms. The highest BCUT2D eigenvalue weighted by Crippen LogP contribution is 2.23. The Hall–Kier alpha value is -2.12. The van der Waals surface area contributed by atoms with Crippen molar-refractivity contribution in [3.8, 4) is 0 Å². The van der Waals surface area contributed by atoms with Crippen molar-refractivity contribution in [3.63, 3.8) is 0 Å². The van der Waals surface area contributed by atoms with Crippen LogP contribution in [0.15, 0.2) is 30.3 Å². The average molecular weight is 365 g/mol. The predicted molar refractivity (Wildman–Crippen MR) is 94.8 cm³/mol. The van der Waals surface area contributed by atoms with Gasteiger partial charge in [-0.3, -0.25) is 4.90 Å². The molecule has 7 nitrogen and oxygen atoms in total. The summed E-state index contributed by atoms with van der Waals surface area (Å²) < 4.78 is 16.5. The number of hydrogen-bond donors (Lipinski definition) is 1. The number of ether oxygens (including phenoxy) is 3. The standard InChI is InChI=1S/C19H27NO6/c1-19(2,3)26-18(23)20-12-15(11-16(20)17(21)22)25-10-9-24-13-14-7-5-4-6-8-14/h4-8,15-16H,9-13H2,1-3H3,(H,21,22)/t15-,16+/m1/s1. The van der Waals surface area contributed by atoms with Gasteiger partial charge in [-0.15, -0.1) is 0 Å². The maximum absolute atomic E-state index is 12.2. The minimum absolute atomic E-state index is 0.199. The Morgan fingerprint density at radius 3 is 2.50 bits per heavy atom. The second-order valence-corrected chi connectivity index (χ2v) is 7.25. The Bertz CT molecular complexity index is 598. The number of carboxylic acids is 1. The van der Waals surface area contributed by atoms with E-state index >= 15 is 0 Å². The SMILES string of the molecule is CC(C)(C)OC(=O)N1C[C@H](OCCOCc2ccccc2)C[C@H]1C(=O)O. The monoisotopic (exact) mass is 365 g/mol. The summed E-state index contributed by atoms with van der Waals surface area (Å²) in [7, 11) is 0. The summed E-state index contributed by atoms with van der Waals surface area (Å²) in [4.78, 5) is 24.9. The van der Waals surface area contributed by atoms with Crippen molar-refractivity contribution in [2.24, 2.45) is 0 Å². The van der Waals surface area contributed by atoms with Crippen LogP contribution in [0.2, 0.25) is 0 Å². The van der Waals surface area contributed by atoms with Gasteiger partial charge in [0.1, 0.15) is 11.6 Å². The van der Waals surface area contributed by atoms with Gasteiger partial charge in [0.15, 0.2) is 0 Å². The summed E-state index contributed by atoms with van der Waals surface area (Å²) in [6.45, 7) is 6.67. The van der Waals surface area contributed by atoms with Crippen LogP contribution in [-0.2, 0) is 25.6 Å². The Morgan fingerprint density at radius 2 is 1.88 bits per heavy atom. The number of rotatable bonds is 7. The first-order valence-electron chi connectivity index (χ1n) is 8.72. The molecule has 1 aliphatic heterocycles. The number of nitrogens with zero attached hydrogens (tertiary/aromatic N) is 1. The van der Waals surface area contributed by atoms with Gasteiger partial charge in [-0.1, -0.05) is 30.3 Å². The van der Waals surface area contributed by atoms with E-state index in [1.807, 2.05) is 30.3 Å². The van der Waals surface area contributed by atoms with Gasteiger partial charge in [-0.2, -0.15) is 0 Å². The Balaban J connectivity index is 1.76. The van der Waals surface area contributed by atoms with Gasteiger partial charge < -0.3 is 19.3 Å². The van der Waals surface area contributed by atoms with E-state index in [9.17, 15) is 14.7 Å². The van der Waals surface area contributed by atoms with Crippen molar-refractivity contribution < 1.29 is 28.9 Å². The summed E-state index contributed by atoms with van der Waals surface area (Å²) in [6, 6.07) is 8.88. The van der Waals surface area contributed by atoms with Crippen molar-refractivity contribution in [1.29, 1.82) is 0 Å². The molecule has 2 rings (SSSR count). The van der Waals surface area contributed by atoms with Crippen LogP contribution in [0.25, 0.3) is 0 Å². The molecule has 1 N–H and O–H groups in total. The lowest BCUT2D eigenvalue weighted by atomic mass is 10.2. The van der Waals surface area contributed by atoms with Crippen LogP contribution in [0.3, 0.4) is 0 Å². The van der Waals surface area contributed by atoms with Crippen LogP contribution >= 0.6 is 0 Å². The second kappa shape index (κ2) is 9.00. The number of hydrogen-bond acceptors (Lipinski definition) is 5. The zero-order valence-electron chi connectivity index (χ0n) is 15.5. The Morgan fingerprint density at radius 1 is 1.19 bits per heavy atom. The molecule has 2 atom stereocenters. The van der Waals surface area contributed by atoms with E-state index < -0.39 is 23.7 Å². The zero-order valence-corrected chi connectivity index (χ0v) is 15.5. The predicted octanol–water partition coefficient (Wildman–Crippen LogP) is 2.68. The van der Waals surface area contributed by atoms with Gasteiger partial charge in [0.2, 0.25) is 0 Å². The molecule has 1 saturated heterocycles. The molecule has 0 saturated carbocycles. The molecule has 1 aliphatic rings. The summed E-state index contributed by atoms with van der Waals surface area (Å²) in [5, 5.41) is 9.35. The van der Waals surface area contributed by atoms with Crippen molar-refractivity contribution in [2.75, 3.05) is 19.8 Å². The van der Waals surface area contributed by atoms with Crippen molar-refractivity contribution >= 4 is 12.1 Å². The number of carboxylic acid groups (broad SMARTS) is 1. The lowest BCUT2D eigenvalue weighted by molar-refractivity contribution is -0.142. The first kappa shape index (κ1) is 20.2. The third kappa shape index (κ3) is 6.31. The molecule has 26 heavy (non-hydrogen) atoms. The van der Waals surface area contributed by atoms with Gasteiger partial charge >= 0.3 is 12.1 Å². The summed E-state index contributed by atoms with van der Waals surface area (Å²) in [6.07, 6.45) is -0.729. The lowest BCUT2D eigenvalue weighted by Crippen LogP contribution is -2.43. The molecule has 1 aromatic carbocycles. The van der Waals surface area contributed by atoms with E-state index in [4.69, 9.17) is 14.2 Å². The summed E-state index contributed by atoms with van der Waals surface area (Å²) in [5.74, 6) is -1.05. The summed E-state index contributed by atoms with van der Waals surface area (Å²) >= 11 is 0. The number of benzene rings is 1. The quantitative estimate of drug-likeness (QED) is 0.748. The Kier molecular flexibility index (Phi) is 6.99. The van der Waals surface area contributed by atoms with Crippen LogP contribution in [-0.4, -0.2) is 59.6 Å². The zero-order chi connectivity index (χ0) is 19.2. The molecule has 0 aromatic heterocycles. The highest BCUT2D eigenvalue weighted by atomic mass is 16.6. The lowest BCUT2D eigenvalue weighted by Gasteiger charge is -2.26. The smallest absolute Gasteiger partial charge is 0.411 e. The van der Waals surface area contributed by atoms with Gasteiger partial charge in [-0.25, -0.2) is 9.59 Å². The first-order valence-corrected chi connectivity index (χ1v) is 8.72. The topological polar surface area (TPSA) is 85.3 Å². The van der Waals surface area contributed by atoms with Crippen molar-refractivity contribution in [2.45, 2.75) is 51.5 Å². The number of carbonyl (C=O) groups excluding carboxylic acids is 1. The maximum Gasteiger partial charge on any atom is 0.411 e. The summed E-state index contributed by atoms with van der Waals surface area (Å²) in [5.41, 5.74) is 0.403. The minimum Gasteiger partial charge on any atom is -0.480 e. The molecule has 0 aliphatic carbocycles. The molecule has 1 fully saturated rings. The van der Waals surface area contributed by atoms with Gasteiger partial charge in [-0.05, 0) is 26.3 Å². The molecular weight excluding hydrogens is 338 g/mol. The van der Waals surface area contributed by atoms with Crippen LogP contribution in [0.1, 0.15) is 32.8 Å². The van der Waals surface area contributed by atoms with Crippen LogP contribution in [0.5, 0.6) is 0 Å². The molecule has 0 unspecified atom stereocenters. The second-order valence-electron chi connectivity index (χ2n) is 7.25. The van der Waals surface area contributed by atoms with Crippen molar-refractivity contribution in [1.82, 2.24) is 4.90 Å². The van der Waals surface area contributed by atoms with Gasteiger partial charge in [0.05, 0.1) is 32.5 Å². The van der Waals surface area contributed by atoms with E-state index in [1.165, 1.54) is 4.90 Å². The molecule has 1 heterocycles. The first-order chi connectivity index (χ1) is 12.3. The molecule has 0 bridgehead atoms. The van der Waals surface area contributed by atoms with Crippen LogP contribution < -0.4 is 0 Å².